The first-order valence-electron chi connectivity index (χ1n) is 6.43. The topological polar surface area (TPSA) is 46.3 Å². The van der Waals surface area contributed by atoms with Crippen LogP contribution in [0.4, 0.5) is 5.69 Å². The van der Waals surface area contributed by atoms with Gasteiger partial charge in [-0.3, -0.25) is 4.79 Å². The van der Waals surface area contributed by atoms with Gasteiger partial charge < -0.3 is 10.6 Å². The molecular formula is C14H19BrN2O. The monoisotopic (exact) mass is 310 g/mol. The summed E-state index contributed by atoms with van der Waals surface area (Å²) in [5.74, 6) is 0.0889. The molecule has 1 aliphatic heterocycles. The molecule has 2 N–H and O–H groups in total. The van der Waals surface area contributed by atoms with E-state index in [9.17, 15) is 4.79 Å². The zero-order valence-electron chi connectivity index (χ0n) is 10.8. The van der Waals surface area contributed by atoms with E-state index in [-0.39, 0.29) is 5.91 Å². The van der Waals surface area contributed by atoms with Gasteiger partial charge in [-0.2, -0.15) is 0 Å². The predicted octanol–water partition coefficient (Wildman–Crippen LogP) is 3.43. The third-order valence-electron chi connectivity index (χ3n) is 3.75. The molecule has 2 rings (SSSR count). The van der Waals surface area contributed by atoms with Gasteiger partial charge in [0.15, 0.2) is 0 Å². The Morgan fingerprint density at radius 3 is 2.89 bits per heavy atom. The molecule has 1 amide bonds. The number of nitrogen functional groups attached to an aromatic ring is 1. The summed E-state index contributed by atoms with van der Waals surface area (Å²) in [4.78, 5) is 14.7. The average molecular weight is 311 g/mol. The largest absolute Gasteiger partial charge is 0.398 e. The molecule has 18 heavy (non-hydrogen) atoms. The molecule has 0 bridgehead atoms. The molecule has 2 unspecified atom stereocenters. The maximum Gasteiger partial charge on any atom is 0.255 e. The normalized spacial score (nSPS) is 23.4. The van der Waals surface area contributed by atoms with E-state index in [1.54, 1.807) is 6.07 Å². The molecule has 4 heteroatoms. The van der Waals surface area contributed by atoms with E-state index in [1.165, 1.54) is 0 Å². The lowest BCUT2D eigenvalue weighted by Gasteiger charge is -2.28. The average Bonchev–Trinajstić information content (AvgIpc) is 2.73. The van der Waals surface area contributed by atoms with E-state index >= 15 is 0 Å². The first-order chi connectivity index (χ1) is 8.56. The van der Waals surface area contributed by atoms with Crippen LogP contribution >= 0.6 is 15.9 Å². The van der Waals surface area contributed by atoms with Crippen LogP contribution in [0.2, 0.25) is 0 Å². The molecule has 3 nitrogen and oxygen atoms in total. The number of likely N-dealkylation sites (tertiary alicyclic amines) is 1. The number of nitrogens with two attached hydrogens (primary N) is 1. The fraction of sp³-hybridized carbons (Fsp3) is 0.500. The van der Waals surface area contributed by atoms with Gasteiger partial charge in [-0.1, -0.05) is 13.0 Å². The van der Waals surface area contributed by atoms with E-state index < -0.39 is 0 Å². The molecule has 1 aromatic carbocycles. The van der Waals surface area contributed by atoms with Gasteiger partial charge in [0.2, 0.25) is 0 Å². The van der Waals surface area contributed by atoms with Crippen molar-refractivity contribution in [2.24, 2.45) is 0 Å². The fourth-order valence-corrected chi connectivity index (χ4v) is 3.13. The van der Waals surface area contributed by atoms with E-state index in [1.807, 2.05) is 17.0 Å². The van der Waals surface area contributed by atoms with Crippen LogP contribution in [0.3, 0.4) is 0 Å². The molecule has 0 aromatic heterocycles. The molecule has 1 fully saturated rings. The maximum absolute atomic E-state index is 12.6. The Morgan fingerprint density at radius 2 is 2.22 bits per heavy atom. The lowest BCUT2D eigenvalue weighted by Crippen LogP contribution is -2.39. The molecule has 1 aromatic rings. The standard InChI is InChI=1S/C14H19BrN2O/c1-3-10-8-7-9(2)17(10)14(18)11-5-4-6-12(16)13(11)15/h4-6,9-10H,3,7-8,16H2,1-2H3. The third-order valence-corrected chi connectivity index (χ3v) is 4.64. The summed E-state index contributed by atoms with van der Waals surface area (Å²) >= 11 is 3.42. The molecular weight excluding hydrogens is 292 g/mol. The number of hydrogen-bond donors (Lipinski definition) is 1. The first kappa shape index (κ1) is 13.4. The lowest BCUT2D eigenvalue weighted by atomic mass is 10.1. The van der Waals surface area contributed by atoms with E-state index in [2.05, 4.69) is 29.8 Å². The van der Waals surface area contributed by atoms with Crippen molar-refractivity contribution in [2.45, 2.75) is 45.2 Å². The second kappa shape index (κ2) is 5.31. The van der Waals surface area contributed by atoms with Crippen LogP contribution in [-0.4, -0.2) is 22.9 Å². The molecule has 1 heterocycles. The number of carbonyl (C=O) groups excluding carboxylic acids is 1. The van der Waals surface area contributed by atoms with Crippen molar-refractivity contribution in [2.75, 3.05) is 5.73 Å². The van der Waals surface area contributed by atoms with E-state index in [4.69, 9.17) is 5.73 Å². The minimum Gasteiger partial charge on any atom is -0.398 e. The van der Waals surface area contributed by atoms with Crippen LogP contribution in [0.25, 0.3) is 0 Å². The summed E-state index contributed by atoms with van der Waals surface area (Å²) in [6.45, 7) is 4.26. The van der Waals surface area contributed by atoms with Crippen molar-refractivity contribution >= 4 is 27.5 Å². The highest BCUT2D eigenvalue weighted by molar-refractivity contribution is 9.10. The van der Waals surface area contributed by atoms with Crippen molar-refractivity contribution < 1.29 is 4.79 Å². The van der Waals surface area contributed by atoms with Crippen molar-refractivity contribution in [1.29, 1.82) is 0 Å². The number of rotatable bonds is 2. The van der Waals surface area contributed by atoms with Gasteiger partial charge in [-0.05, 0) is 54.2 Å². The Balaban J connectivity index is 2.33. The quantitative estimate of drug-likeness (QED) is 0.851. The summed E-state index contributed by atoms with van der Waals surface area (Å²) in [6.07, 6.45) is 3.20. The van der Waals surface area contributed by atoms with Crippen molar-refractivity contribution in [3.63, 3.8) is 0 Å². The van der Waals surface area contributed by atoms with Crippen molar-refractivity contribution in [1.82, 2.24) is 4.90 Å². The van der Waals surface area contributed by atoms with Gasteiger partial charge >= 0.3 is 0 Å². The molecule has 0 radical (unpaired) electrons. The molecule has 1 aliphatic rings. The number of amides is 1. The summed E-state index contributed by atoms with van der Waals surface area (Å²) in [5.41, 5.74) is 7.12. The van der Waals surface area contributed by atoms with Crippen LogP contribution in [0.15, 0.2) is 22.7 Å². The van der Waals surface area contributed by atoms with Crippen molar-refractivity contribution in [3.8, 4) is 0 Å². The minimum absolute atomic E-state index is 0.0889. The van der Waals surface area contributed by atoms with Crippen LogP contribution in [-0.2, 0) is 0 Å². The van der Waals surface area contributed by atoms with Crippen LogP contribution in [0.5, 0.6) is 0 Å². The first-order valence-corrected chi connectivity index (χ1v) is 7.22. The SMILES string of the molecule is CCC1CCC(C)N1C(=O)c1cccc(N)c1Br. The van der Waals surface area contributed by atoms with Gasteiger partial charge in [0.1, 0.15) is 0 Å². The molecule has 2 atom stereocenters. The summed E-state index contributed by atoms with van der Waals surface area (Å²) in [5, 5.41) is 0. The highest BCUT2D eigenvalue weighted by atomic mass is 79.9. The fourth-order valence-electron chi connectivity index (χ4n) is 2.69. The van der Waals surface area contributed by atoms with Gasteiger partial charge in [-0.25, -0.2) is 0 Å². The minimum atomic E-state index is 0.0889. The van der Waals surface area contributed by atoms with E-state index in [0.29, 0.717) is 27.8 Å². The zero-order valence-corrected chi connectivity index (χ0v) is 12.4. The Morgan fingerprint density at radius 1 is 1.50 bits per heavy atom. The summed E-state index contributed by atoms with van der Waals surface area (Å²) in [7, 11) is 0. The Bertz CT molecular complexity index is 461. The smallest absolute Gasteiger partial charge is 0.255 e. The maximum atomic E-state index is 12.6. The number of benzene rings is 1. The van der Waals surface area contributed by atoms with Crippen molar-refractivity contribution in [3.05, 3.63) is 28.2 Å². The molecule has 0 spiro atoms. The summed E-state index contributed by atoms with van der Waals surface area (Å²) in [6, 6.07) is 6.14. The Labute approximate surface area is 116 Å². The third kappa shape index (κ3) is 2.26. The van der Waals surface area contributed by atoms with Gasteiger partial charge in [-0.15, -0.1) is 0 Å². The number of hydrogen-bond acceptors (Lipinski definition) is 2. The van der Waals surface area contributed by atoms with Crippen LogP contribution in [0, 0.1) is 0 Å². The Kier molecular flexibility index (Phi) is 3.95. The molecule has 0 aliphatic carbocycles. The second-order valence-electron chi connectivity index (χ2n) is 4.91. The van der Waals surface area contributed by atoms with Gasteiger partial charge in [0.25, 0.3) is 5.91 Å². The zero-order chi connectivity index (χ0) is 13.3. The predicted molar refractivity (Wildman–Crippen MR) is 77.5 cm³/mol. The number of anilines is 1. The van der Waals surface area contributed by atoms with Crippen LogP contribution in [0.1, 0.15) is 43.5 Å². The van der Waals surface area contributed by atoms with Gasteiger partial charge in [0, 0.05) is 17.8 Å². The summed E-state index contributed by atoms with van der Waals surface area (Å²) < 4.78 is 0.712. The molecule has 1 saturated heterocycles. The number of halogens is 1. The highest BCUT2D eigenvalue weighted by Gasteiger charge is 2.34. The van der Waals surface area contributed by atoms with E-state index in [0.717, 1.165) is 19.3 Å². The molecule has 98 valence electrons. The van der Waals surface area contributed by atoms with Crippen LogP contribution < -0.4 is 5.73 Å². The number of carbonyl (C=O) groups is 1. The number of nitrogens with zero attached hydrogens (tertiary/aromatic N) is 1. The lowest BCUT2D eigenvalue weighted by molar-refractivity contribution is 0.0675. The van der Waals surface area contributed by atoms with Gasteiger partial charge in [0.05, 0.1) is 10.0 Å². The second-order valence-corrected chi connectivity index (χ2v) is 5.70. The Hall–Kier alpha value is -1.03. The highest BCUT2D eigenvalue weighted by Crippen LogP contribution is 2.31. The molecule has 0 saturated carbocycles.